The van der Waals surface area contributed by atoms with E-state index in [9.17, 15) is 0 Å². The van der Waals surface area contributed by atoms with Gasteiger partial charge in [-0.05, 0) is 86.2 Å². The number of hydrogen-bond acceptors (Lipinski definition) is 4. The molecule has 2 aromatic carbocycles. The van der Waals surface area contributed by atoms with Gasteiger partial charge in [0.1, 0.15) is 11.5 Å². The molecule has 1 fully saturated rings. The van der Waals surface area contributed by atoms with Crippen LogP contribution in [0.5, 0.6) is 11.5 Å². The molecular formula is C24H34Cl2N2O2. The molecule has 4 rings (SSSR count). The van der Waals surface area contributed by atoms with E-state index in [1.54, 1.807) is 7.11 Å². The topological polar surface area (TPSA) is 24.9 Å². The van der Waals surface area contributed by atoms with E-state index in [2.05, 4.69) is 40.1 Å². The highest BCUT2D eigenvalue weighted by Gasteiger charge is 2.17. The van der Waals surface area contributed by atoms with Gasteiger partial charge < -0.3 is 14.4 Å². The number of aryl methyl sites for hydroxylation is 2. The van der Waals surface area contributed by atoms with Gasteiger partial charge >= 0.3 is 0 Å². The molecule has 1 saturated heterocycles. The summed E-state index contributed by atoms with van der Waals surface area (Å²) in [6, 6.07) is 15.0. The van der Waals surface area contributed by atoms with E-state index in [4.69, 9.17) is 9.47 Å². The van der Waals surface area contributed by atoms with Gasteiger partial charge in [-0.1, -0.05) is 6.07 Å². The molecule has 4 nitrogen and oxygen atoms in total. The van der Waals surface area contributed by atoms with Crippen LogP contribution in [0.4, 0.5) is 5.69 Å². The minimum Gasteiger partial charge on any atom is -0.497 e. The first-order valence-corrected chi connectivity index (χ1v) is 10.7. The standard InChI is InChI=1S/C24H32N2O2.2ClH/c1-27-23-11-8-22(9-12-23)26-16-14-25(15-17-26)13-2-3-18-28-24-10-7-20-5-4-6-21(20)19-24;;/h7-12,19H,2-6,13-18H2,1H3;2*1H. The number of halogens is 2. The number of ether oxygens (including phenoxy) is 2. The van der Waals surface area contributed by atoms with Crippen molar-refractivity contribution >= 4 is 30.5 Å². The molecule has 0 bridgehead atoms. The van der Waals surface area contributed by atoms with Crippen LogP contribution in [0.1, 0.15) is 30.4 Å². The molecule has 1 aliphatic carbocycles. The van der Waals surface area contributed by atoms with Gasteiger partial charge in [-0.15, -0.1) is 24.8 Å². The minimum absolute atomic E-state index is 0. The summed E-state index contributed by atoms with van der Waals surface area (Å²) in [6.45, 7) is 6.46. The van der Waals surface area contributed by atoms with Crippen LogP contribution in [0.25, 0.3) is 0 Å². The monoisotopic (exact) mass is 452 g/mol. The summed E-state index contributed by atoms with van der Waals surface area (Å²) in [4.78, 5) is 5.04. The van der Waals surface area contributed by atoms with E-state index in [1.807, 2.05) is 12.1 Å². The first-order chi connectivity index (χ1) is 13.8. The Morgan fingerprint density at radius 3 is 2.23 bits per heavy atom. The molecule has 0 unspecified atom stereocenters. The van der Waals surface area contributed by atoms with Crippen molar-refractivity contribution < 1.29 is 9.47 Å². The van der Waals surface area contributed by atoms with Crippen LogP contribution >= 0.6 is 24.8 Å². The molecular weight excluding hydrogens is 419 g/mol. The molecule has 0 spiro atoms. The van der Waals surface area contributed by atoms with Crippen molar-refractivity contribution in [2.45, 2.75) is 32.1 Å². The Bertz CT molecular complexity index is 762. The second-order valence-electron chi connectivity index (χ2n) is 7.87. The summed E-state index contributed by atoms with van der Waals surface area (Å²) in [5, 5.41) is 0. The molecule has 0 N–H and O–H groups in total. The average molecular weight is 453 g/mol. The fraction of sp³-hybridized carbons (Fsp3) is 0.500. The second kappa shape index (κ2) is 12.3. The first-order valence-electron chi connectivity index (χ1n) is 10.7. The lowest BCUT2D eigenvalue weighted by molar-refractivity contribution is 0.238. The summed E-state index contributed by atoms with van der Waals surface area (Å²) < 4.78 is 11.2. The molecule has 0 saturated carbocycles. The summed E-state index contributed by atoms with van der Waals surface area (Å²) in [5.74, 6) is 1.97. The smallest absolute Gasteiger partial charge is 0.119 e. The SMILES string of the molecule is COc1ccc(N2CCN(CCCCOc3ccc4c(c3)CCC4)CC2)cc1.Cl.Cl. The number of fused-ring (bicyclic) bond motifs is 1. The van der Waals surface area contributed by atoms with Crippen LogP contribution in [-0.2, 0) is 12.8 Å². The number of unbranched alkanes of at least 4 members (excludes halogenated alkanes) is 1. The van der Waals surface area contributed by atoms with Gasteiger partial charge in [-0.3, -0.25) is 4.90 Å². The van der Waals surface area contributed by atoms with Gasteiger partial charge in [-0.2, -0.15) is 0 Å². The first kappa shape index (κ1) is 24.6. The maximum atomic E-state index is 5.98. The summed E-state index contributed by atoms with van der Waals surface area (Å²) in [7, 11) is 1.71. The molecule has 166 valence electrons. The van der Waals surface area contributed by atoms with Crippen LogP contribution in [-0.4, -0.2) is 51.3 Å². The summed E-state index contributed by atoms with van der Waals surface area (Å²) in [6.07, 6.45) is 6.07. The van der Waals surface area contributed by atoms with Crippen LogP contribution in [0, 0.1) is 0 Å². The van der Waals surface area contributed by atoms with Gasteiger partial charge in [0, 0.05) is 31.9 Å². The van der Waals surface area contributed by atoms with E-state index in [1.165, 1.54) is 49.0 Å². The Morgan fingerprint density at radius 2 is 1.50 bits per heavy atom. The number of benzene rings is 2. The molecule has 6 heteroatoms. The minimum atomic E-state index is 0. The molecule has 0 amide bonds. The van der Waals surface area contributed by atoms with E-state index < -0.39 is 0 Å². The van der Waals surface area contributed by atoms with Crippen molar-refractivity contribution in [2.24, 2.45) is 0 Å². The Morgan fingerprint density at radius 1 is 0.800 bits per heavy atom. The van der Waals surface area contributed by atoms with Crippen molar-refractivity contribution in [3.63, 3.8) is 0 Å². The van der Waals surface area contributed by atoms with Gasteiger partial charge in [0.05, 0.1) is 13.7 Å². The van der Waals surface area contributed by atoms with Crippen molar-refractivity contribution in [3.8, 4) is 11.5 Å². The Kier molecular flexibility index (Phi) is 10.1. The fourth-order valence-electron chi connectivity index (χ4n) is 4.29. The van der Waals surface area contributed by atoms with Crippen molar-refractivity contribution in [1.29, 1.82) is 0 Å². The van der Waals surface area contributed by atoms with Crippen LogP contribution in [0.2, 0.25) is 0 Å². The van der Waals surface area contributed by atoms with E-state index >= 15 is 0 Å². The highest BCUT2D eigenvalue weighted by Crippen LogP contribution is 2.26. The number of methoxy groups -OCH3 is 1. The Labute approximate surface area is 193 Å². The number of hydrogen-bond donors (Lipinski definition) is 0. The zero-order valence-electron chi connectivity index (χ0n) is 17.8. The van der Waals surface area contributed by atoms with E-state index in [0.29, 0.717) is 0 Å². The molecule has 2 aromatic rings. The van der Waals surface area contributed by atoms with E-state index in [0.717, 1.165) is 50.7 Å². The number of nitrogens with zero attached hydrogens (tertiary/aromatic N) is 2. The third kappa shape index (κ3) is 6.44. The molecule has 1 aliphatic heterocycles. The van der Waals surface area contributed by atoms with Gasteiger partial charge in [-0.25, -0.2) is 0 Å². The van der Waals surface area contributed by atoms with Gasteiger partial charge in [0.15, 0.2) is 0 Å². The molecule has 0 aromatic heterocycles. The molecule has 1 heterocycles. The number of anilines is 1. The fourth-order valence-corrected chi connectivity index (χ4v) is 4.29. The van der Waals surface area contributed by atoms with Crippen molar-refractivity contribution in [3.05, 3.63) is 53.6 Å². The molecule has 0 atom stereocenters. The lowest BCUT2D eigenvalue weighted by Gasteiger charge is -2.36. The van der Waals surface area contributed by atoms with Crippen LogP contribution in [0.15, 0.2) is 42.5 Å². The predicted octanol–water partition coefficient (Wildman–Crippen LogP) is 5.01. The number of rotatable bonds is 8. The maximum Gasteiger partial charge on any atom is 0.119 e. The largest absolute Gasteiger partial charge is 0.497 e. The van der Waals surface area contributed by atoms with Crippen molar-refractivity contribution in [2.75, 3.05) is 51.3 Å². The van der Waals surface area contributed by atoms with Crippen molar-refractivity contribution in [1.82, 2.24) is 4.90 Å². The van der Waals surface area contributed by atoms with E-state index in [-0.39, 0.29) is 24.8 Å². The molecule has 30 heavy (non-hydrogen) atoms. The third-order valence-corrected chi connectivity index (χ3v) is 6.02. The highest BCUT2D eigenvalue weighted by atomic mass is 35.5. The second-order valence-corrected chi connectivity index (χ2v) is 7.87. The zero-order valence-corrected chi connectivity index (χ0v) is 19.5. The lowest BCUT2D eigenvalue weighted by atomic mass is 10.1. The predicted molar refractivity (Wildman–Crippen MR) is 129 cm³/mol. The summed E-state index contributed by atoms with van der Waals surface area (Å²) >= 11 is 0. The maximum absolute atomic E-state index is 5.98. The Hall–Kier alpha value is -1.62. The Balaban J connectivity index is 0.00000160. The summed E-state index contributed by atoms with van der Waals surface area (Å²) in [5.41, 5.74) is 4.30. The number of piperazine rings is 1. The normalized spacial score (nSPS) is 15.7. The molecule has 2 aliphatic rings. The molecule has 0 radical (unpaired) electrons. The average Bonchev–Trinajstić information content (AvgIpc) is 3.22. The van der Waals surface area contributed by atoms with Crippen LogP contribution in [0.3, 0.4) is 0 Å². The van der Waals surface area contributed by atoms with Gasteiger partial charge in [0.25, 0.3) is 0 Å². The van der Waals surface area contributed by atoms with Crippen LogP contribution < -0.4 is 14.4 Å². The highest BCUT2D eigenvalue weighted by molar-refractivity contribution is 5.85. The zero-order chi connectivity index (χ0) is 19.2. The van der Waals surface area contributed by atoms with Gasteiger partial charge in [0.2, 0.25) is 0 Å². The quantitative estimate of drug-likeness (QED) is 0.525. The lowest BCUT2D eigenvalue weighted by Crippen LogP contribution is -2.46. The third-order valence-electron chi connectivity index (χ3n) is 6.02.